The normalized spacial score (nSPS) is 12.0. The Morgan fingerprint density at radius 3 is 2.68 bits per heavy atom. The second-order valence-electron chi connectivity index (χ2n) is 4.88. The van der Waals surface area contributed by atoms with E-state index in [1.807, 2.05) is 53.9 Å². The maximum Gasteiger partial charge on any atom is 0.138 e. The van der Waals surface area contributed by atoms with Crippen LogP contribution >= 0.6 is 22.9 Å². The van der Waals surface area contributed by atoms with E-state index in [1.54, 1.807) is 11.3 Å². The van der Waals surface area contributed by atoms with Crippen LogP contribution in [0.5, 0.6) is 5.75 Å². The van der Waals surface area contributed by atoms with Crippen molar-refractivity contribution in [2.75, 3.05) is 5.88 Å². The van der Waals surface area contributed by atoms with Crippen LogP contribution < -0.4 is 4.74 Å². The minimum atomic E-state index is -0.0862. The van der Waals surface area contributed by atoms with Gasteiger partial charge in [0.15, 0.2) is 0 Å². The molecule has 4 heteroatoms. The fraction of sp³-hybridized carbons (Fsp3) is 0.167. The molecule has 3 rings (SSSR count). The number of nitrogens with zero attached hydrogens (tertiary/aromatic N) is 1. The largest absolute Gasteiger partial charge is 0.484 e. The molecule has 0 radical (unpaired) electrons. The summed E-state index contributed by atoms with van der Waals surface area (Å²) in [6, 6.07) is 18.0. The summed E-state index contributed by atoms with van der Waals surface area (Å²) in [6.45, 7) is 0. The van der Waals surface area contributed by atoms with Crippen molar-refractivity contribution in [3.05, 3.63) is 65.0 Å². The maximum absolute atomic E-state index is 9.19. The Kier molecular flexibility index (Phi) is 4.62. The van der Waals surface area contributed by atoms with Crippen LogP contribution in [0.3, 0.4) is 0 Å². The highest BCUT2D eigenvalue weighted by Crippen LogP contribution is 2.36. The second-order valence-corrected chi connectivity index (χ2v) is 6.18. The van der Waals surface area contributed by atoms with E-state index >= 15 is 0 Å². The Morgan fingerprint density at radius 2 is 1.95 bits per heavy atom. The fourth-order valence-electron chi connectivity index (χ4n) is 2.44. The van der Waals surface area contributed by atoms with Gasteiger partial charge >= 0.3 is 0 Å². The number of benzene rings is 2. The molecule has 1 aromatic heterocycles. The first-order chi connectivity index (χ1) is 10.8. The lowest BCUT2D eigenvalue weighted by Crippen LogP contribution is -2.08. The molecule has 0 N–H and O–H groups in total. The third kappa shape index (κ3) is 2.94. The average molecular weight is 328 g/mol. The van der Waals surface area contributed by atoms with Gasteiger partial charge in [-0.1, -0.05) is 30.3 Å². The van der Waals surface area contributed by atoms with Crippen LogP contribution in [0.1, 0.15) is 23.7 Å². The van der Waals surface area contributed by atoms with Gasteiger partial charge in [0.1, 0.15) is 11.9 Å². The summed E-state index contributed by atoms with van der Waals surface area (Å²) in [5, 5.41) is 12.1. The average Bonchev–Trinajstić information content (AvgIpc) is 3.05. The lowest BCUT2D eigenvalue weighted by atomic mass is 10.1. The van der Waals surface area contributed by atoms with Gasteiger partial charge < -0.3 is 4.74 Å². The molecule has 22 heavy (non-hydrogen) atoms. The fourth-order valence-corrected chi connectivity index (χ4v) is 3.52. The number of ether oxygens (including phenoxy) is 1. The van der Waals surface area contributed by atoms with Crippen molar-refractivity contribution >= 4 is 33.0 Å². The van der Waals surface area contributed by atoms with Gasteiger partial charge in [0.2, 0.25) is 0 Å². The highest BCUT2D eigenvalue weighted by molar-refractivity contribution is 7.17. The van der Waals surface area contributed by atoms with E-state index in [4.69, 9.17) is 16.3 Å². The number of hydrogen-bond donors (Lipinski definition) is 0. The lowest BCUT2D eigenvalue weighted by Gasteiger charge is -2.19. The Balaban J connectivity index is 1.97. The molecule has 0 aliphatic heterocycles. The third-order valence-electron chi connectivity index (χ3n) is 3.51. The summed E-state index contributed by atoms with van der Waals surface area (Å²) in [6.07, 6.45) is 0.648. The number of hydrogen-bond acceptors (Lipinski definition) is 3. The predicted molar refractivity (Wildman–Crippen MR) is 91.7 cm³/mol. The zero-order valence-corrected chi connectivity index (χ0v) is 13.4. The Bertz CT molecular complexity index is 807. The highest BCUT2D eigenvalue weighted by atomic mass is 35.5. The van der Waals surface area contributed by atoms with E-state index in [0.29, 0.717) is 11.4 Å². The molecule has 0 bridgehead atoms. The first-order valence-electron chi connectivity index (χ1n) is 7.01. The number of fused-ring (bicyclic) bond motifs is 1. The topological polar surface area (TPSA) is 33.0 Å². The molecule has 3 aromatic rings. The summed E-state index contributed by atoms with van der Waals surface area (Å²) in [5.74, 6) is 1.34. The Hall–Kier alpha value is -2.02. The number of thiophene rings is 1. The Morgan fingerprint density at radius 1 is 1.14 bits per heavy atom. The SMILES string of the molecule is N#Cc1ccc(O[C@@H](CCCl)c2ccccc2)c2sccc12. The predicted octanol–water partition coefficient (Wildman–Crippen LogP) is 5.52. The molecule has 2 nitrogen and oxygen atoms in total. The van der Waals surface area contributed by atoms with Crippen LogP contribution in [0.15, 0.2) is 53.9 Å². The molecule has 0 amide bonds. The van der Waals surface area contributed by atoms with E-state index in [9.17, 15) is 5.26 Å². The van der Waals surface area contributed by atoms with E-state index in [0.717, 1.165) is 27.8 Å². The number of nitriles is 1. The van der Waals surface area contributed by atoms with Crippen LogP contribution in [0.25, 0.3) is 10.1 Å². The van der Waals surface area contributed by atoms with Gasteiger partial charge in [-0.3, -0.25) is 0 Å². The molecule has 0 saturated heterocycles. The third-order valence-corrected chi connectivity index (χ3v) is 4.66. The van der Waals surface area contributed by atoms with Crippen molar-refractivity contribution in [3.8, 4) is 11.8 Å². The van der Waals surface area contributed by atoms with Gasteiger partial charge in [0, 0.05) is 17.7 Å². The van der Waals surface area contributed by atoms with Crippen LogP contribution in [0.4, 0.5) is 0 Å². The van der Waals surface area contributed by atoms with Crippen LogP contribution in [-0.2, 0) is 0 Å². The summed E-state index contributed by atoms with van der Waals surface area (Å²) < 4.78 is 7.24. The van der Waals surface area contributed by atoms with E-state index in [1.165, 1.54) is 0 Å². The highest BCUT2D eigenvalue weighted by Gasteiger charge is 2.16. The molecule has 1 atom stereocenters. The summed E-state index contributed by atoms with van der Waals surface area (Å²) in [7, 11) is 0. The van der Waals surface area contributed by atoms with Crippen molar-refractivity contribution in [2.45, 2.75) is 12.5 Å². The maximum atomic E-state index is 9.19. The molecule has 0 aliphatic rings. The monoisotopic (exact) mass is 327 g/mol. The standard InChI is InChI=1S/C18H14ClNOS/c19-10-8-16(13-4-2-1-3-5-13)21-17-7-6-14(12-20)15-9-11-22-18(15)17/h1-7,9,11,16H,8,10H2/t16-/m0/s1. The number of rotatable bonds is 5. The van der Waals surface area contributed by atoms with E-state index in [2.05, 4.69) is 6.07 Å². The van der Waals surface area contributed by atoms with Gasteiger partial charge in [0.25, 0.3) is 0 Å². The molecule has 0 fully saturated rings. The summed E-state index contributed by atoms with van der Waals surface area (Å²) in [4.78, 5) is 0. The molecular formula is C18H14ClNOS. The molecule has 1 heterocycles. The van der Waals surface area contributed by atoms with Crippen LogP contribution in [0.2, 0.25) is 0 Å². The number of halogens is 1. The van der Waals surface area contributed by atoms with Crippen molar-refractivity contribution in [2.24, 2.45) is 0 Å². The van der Waals surface area contributed by atoms with Crippen LogP contribution in [-0.4, -0.2) is 5.88 Å². The molecule has 0 spiro atoms. The smallest absolute Gasteiger partial charge is 0.138 e. The zero-order chi connectivity index (χ0) is 15.4. The summed E-state index contributed by atoms with van der Waals surface area (Å²) >= 11 is 7.53. The van der Waals surface area contributed by atoms with Crippen molar-refractivity contribution in [3.63, 3.8) is 0 Å². The number of alkyl halides is 1. The first kappa shape index (κ1) is 14.9. The molecule has 2 aromatic carbocycles. The van der Waals surface area contributed by atoms with Gasteiger partial charge in [-0.2, -0.15) is 5.26 Å². The van der Waals surface area contributed by atoms with Gasteiger partial charge in [0.05, 0.1) is 16.3 Å². The van der Waals surface area contributed by atoms with Gasteiger partial charge in [-0.25, -0.2) is 0 Å². The second kappa shape index (κ2) is 6.83. The first-order valence-corrected chi connectivity index (χ1v) is 8.42. The molecule has 0 unspecified atom stereocenters. The molecule has 110 valence electrons. The minimum absolute atomic E-state index is 0.0862. The van der Waals surface area contributed by atoms with Crippen molar-refractivity contribution in [1.29, 1.82) is 5.26 Å². The van der Waals surface area contributed by atoms with E-state index in [-0.39, 0.29) is 6.10 Å². The summed E-state index contributed by atoms with van der Waals surface area (Å²) in [5.41, 5.74) is 1.79. The molecule has 0 saturated carbocycles. The Labute approximate surface area is 138 Å². The van der Waals surface area contributed by atoms with Crippen LogP contribution in [0, 0.1) is 11.3 Å². The molecule has 0 aliphatic carbocycles. The van der Waals surface area contributed by atoms with Crippen molar-refractivity contribution < 1.29 is 4.74 Å². The van der Waals surface area contributed by atoms with Gasteiger partial charge in [-0.15, -0.1) is 22.9 Å². The zero-order valence-electron chi connectivity index (χ0n) is 11.8. The van der Waals surface area contributed by atoms with Crippen molar-refractivity contribution in [1.82, 2.24) is 0 Å². The van der Waals surface area contributed by atoms with Gasteiger partial charge in [-0.05, 0) is 29.1 Å². The quantitative estimate of drug-likeness (QED) is 0.578. The molecular weight excluding hydrogens is 314 g/mol. The minimum Gasteiger partial charge on any atom is -0.484 e. The van der Waals surface area contributed by atoms with E-state index < -0.39 is 0 Å². The lowest BCUT2D eigenvalue weighted by molar-refractivity contribution is 0.205.